The fourth-order valence-electron chi connectivity index (χ4n) is 2.20. The number of aliphatic hydroxyl groups excluding tert-OH is 1. The van der Waals surface area contributed by atoms with Crippen LogP contribution in [0.2, 0.25) is 5.02 Å². The predicted molar refractivity (Wildman–Crippen MR) is 99.4 cm³/mol. The molecule has 0 saturated heterocycles. The van der Waals surface area contributed by atoms with Gasteiger partial charge in [-0.3, -0.25) is 5.21 Å². The SMILES string of the molecule is COc1cc(C(C)C)c(Oc2cnc(N(O)[C@H](C)CO)nc2N)cc1Cl. The molecule has 4 N–H and O–H groups in total. The minimum absolute atomic E-state index is 0.0340. The molecule has 0 amide bonds. The van der Waals surface area contributed by atoms with Gasteiger partial charge in [0.05, 0.1) is 31.0 Å². The van der Waals surface area contributed by atoms with Crippen molar-refractivity contribution in [3.63, 3.8) is 0 Å². The normalized spacial score (nSPS) is 12.2. The number of ether oxygens (including phenoxy) is 2. The van der Waals surface area contributed by atoms with Crippen LogP contribution in [-0.4, -0.2) is 40.0 Å². The molecule has 9 heteroatoms. The molecule has 1 aromatic carbocycles. The van der Waals surface area contributed by atoms with Gasteiger partial charge in [-0.1, -0.05) is 25.4 Å². The first-order chi connectivity index (χ1) is 12.3. The summed E-state index contributed by atoms with van der Waals surface area (Å²) in [4.78, 5) is 8.04. The molecule has 0 spiro atoms. The number of aliphatic hydroxyl groups is 1. The highest BCUT2D eigenvalue weighted by Gasteiger charge is 2.18. The van der Waals surface area contributed by atoms with Crippen molar-refractivity contribution >= 4 is 23.4 Å². The molecule has 0 bridgehead atoms. The number of anilines is 2. The van der Waals surface area contributed by atoms with Gasteiger partial charge in [0, 0.05) is 11.6 Å². The van der Waals surface area contributed by atoms with E-state index >= 15 is 0 Å². The molecule has 2 aromatic rings. The first-order valence-corrected chi connectivity index (χ1v) is 8.43. The molecule has 0 fully saturated rings. The van der Waals surface area contributed by atoms with Crippen molar-refractivity contribution in [3.05, 3.63) is 28.9 Å². The van der Waals surface area contributed by atoms with Crippen LogP contribution in [0.25, 0.3) is 0 Å². The number of aromatic nitrogens is 2. The van der Waals surface area contributed by atoms with E-state index in [4.69, 9.17) is 31.9 Å². The lowest BCUT2D eigenvalue weighted by molar-refractivity contribution is 0.164. The summed E-state index contributed by atoms with van der Waals surface area (Å²) in [7, 11) is 1.55. The largest absolute Gasteiger partial charge is 0.495 e. The van der Waals surface area contributed by atoms with E-state index in [1.54, 1.807) is 20.1 Å². The highest BCUT2D eigenvalue weighted by Crippen LogP contribution is 2.39. The van der Waals surface area contributed by atoms with Crippen LogP contribution in [0.5, 0.6) is 17.2 Å². The lowest BCUT2D eigenvalue weighted by Crippen LogP contribution is -2.33. The summed E-state index contributed by atoms with van der Waals surface area (Å²) in [5.74, 6) is 1.45. The lowest BCUT2D eigenvalue weighted by Gasteiger charge is -2.21. The highest BCUT2D eigenvalue weighted by atomic mass is 35.5. The molecular weight excluding hydrogens is 360 g/mol. The van der Waals surface area contributed by atoms with Gasteiger partial charge in [0.2, 0.25) is 0 Å². The highest BCUT2D eigenvalue weighted by molar-refractivity contribution is 6.32. The third-order valence-corrected chi connectivity index (χ3v) is 4.08. The number of hydrogen-bond acceptors (Lipinski definition) is 8. The third-order valence-electron chi connectivity index (χ3n) is 3.78. The van der Waals surface area contributed by atoms with E-state index in [1.165, 1.54) is 6.20 Å². The van der Waals surface area contributed by atoms with Crippen LogP contribution in [0, 0.1) is 0 Å². The Bertz CT molecular complexity index is 773. The van der Waals surface area contributed by atoms with E-state index in [2.05, 4.69) is 9.97 Å². The number of methoxy groups -OCH3 is 1. The molecule has 0 aliphatic heterocycles. The van der Waals surface area contributed by atoms with E-state index in [0.717, 1.165) is 10.6 Å². The van der Waals surface area contributed by atoms with Gasteiger partial charge in [0.15, 0.2) is 11.6 Å². The van der Waals surface area contributed by atoms with E-state index in [-0.39, 0.29) is 30.0 Å². The summed E-state index contributed by atoms with van der Waals surface area (Å²) >= 11 is 6.20. The Morgan fingerprint density at radius 1 is 1.23 bits per heavy atom. The number of nitrogens with zero attached hydrogens (tertiary/aromatic N) is 3. The number of benzene rings is 1. The molecule has 26 heavy (non-hydrogen) atoms. The smallest absolute Gasteiger partial charge is 0.252 e. The molecule has 1 heterocycles. The number of halogens is 1. The van der Waals surface area contributed by atoms with Crippen molar-refractivity contribution in [3.8, 4) is 17.2 Å². The van der Waals surface area contributed by atoms with Crippen molar-refractivity contribution in [2.24, 2.45) is 0 Å². The third kappa shape index (κ3) is 4.27. The minimum atomic E-state index is -0.575. The number of rotatable bonds is 7. The van der Waals surface area contributed by atoms with Crippen LogP contribution < -0.4 is 20.3 Å². The van der Waals surface area contributed by atoms with Crippen molar-refractivity contribution in [1.82, 2.24) is 9.97 Å². The molecule has 0 radical (unpaired) electrons. The van der Waals surface area contributed by atoms with E-state index in [0.29, 0.717) is 16.5 Å². The van der Waals surface area contributed by atoms with Gasteiger partial charge in [0.25, 0.3) is 5.95 Å². The van der Waals surface area contributed by atoms with Gasteiger partial charge in [-0.05, 0) is 18.9 Å². The summed E-state index contributed by atoms with van der Waals surface area (Å²) in [6.45, 7) is 5.37. The number of nitrogens with two attached hydrogens (primary N) is 1. The second-order valence-corrected chi connectivity index (χ2v) is 6.48. The summed E-state index contributed by atoms with van der Waals surface area (Å²) in [5.41, 5.74) is 6.82. The maximum atomic E-state index is 9.93. The Labute approximate surface area is 157 Å². The average Bonchev–Trinajstić information content (AvgIpc) is 2.61. The fourth-order valence-corrected chi connectivity index (χ4v) is 2.43. The monoisotopic (exact) mass is 382 g/mol. The van der Waals surface area contributed by atoms with E-state index in [1.807, 2.05) is 19.9 Å². The second-order valence-electron chi connectivity index (χ2n) is 6.08. The first kappa shape index (κ1) is 20.0. The zero-order valence-electron chi connectivity index (χ0n) is 15.1. The van der Waals surface area contributed by atoms with Gasteiger partial charge in [-0.25, -0.2) is 10.0 Å². The zero-order chi connectivity index (χ0) is 19.4. The van der Waals surface area contributed by atoms with Crippen LogP contribution in [0.3, 0.4) is 0 Å². The number of hydroxylamine groups is 1. The molecule has 1 aromatic heterocycles. The molecule has 0 unspecified atom stereocenters. The van der Waals surface area contributed by atoms with Crippen molar-refractivity contribution in [1.29, 1.82) is 0 Å². The van der Waals surface area contributed by atoms with Crippen LogP contribution in [-0.2, 0) is 0 Å². The van der Waals surface area contributed by atoms with Crippen LogP contribution >= 0.6 is 11.6 Å². The summed E-state index contributed by atoms with van der Waals surface area (Å²) in [6, 6.07) is 2.88. The van der Waals surface area contributed by atoms with E-state index in [9.17, 15) is 5.21 Å². The Morgan fingerprint density at radius 3 is 2.46 bits per heavy atom. The Balaban J connectivity index is 2.35. The molecule has 142 valence electrons. The minimum Gasteiger partial charge on any atom is -0.495 e. The Kier molecular flexibility index (Phi) is 6.47. The maximum Gasteiger partial charge on any atom is 0.252 e. The molecule has 8 nitrogen and oxygen atoms in total. The molecular formula is C17H23ClN4O4. The van der Waals surface area contributed by atoms with Crippen LogP contribution in [0.4, 0.5) is 11.8 Å². The van der Waals surface area contributed by atoms with Gasteiger partial charge in [-0.15, -0.1) is 0 Å². The number of nitrogen functional groups attached to an aromatic ring is 1. The molecule has 1 atom stereocenters. The van der Waals surface area contributed by atoms with Crippen molar-refractivity contribution in [2.75, 3.05) is 24.5 Å². The zero-order valence-corrected chi connectivity index (χ0v) is 15.9. The van der Waals surface area contributed by atoms with E-state index < -0.39 is 6.04 Å². The second kappa shape index (κ2) is 8.39. The maximum absolute atomic E-state index is 9.93. The van der Waals surface area contributed by atoms with Crippen LogP contribution in [0.15, 0.2) is 18.3 Å². The first-order valence-electron chi connectivity index (χ1n) is 8.05. The van der Waals surface area contributed by atoms with Crippen molar-refractivity contribution in [2.45, 2.75) is 32.7 Å². The summed E-state index contributed by atoms with van der Waals surface area (Å²) in [6.07, 6.45) is 1.35. The molecule has 2 rings (SSSR count). The van der Waals surface area contributed by atoms with Gasteiger partial charge in [-0.2, -0.15) is 4.98 Å². The van der Waals surface area contributed by atoms with Gasteiger partial charge < -0.3 is 20.3 Å². The average molecular weight is 383 g/mol. The van der Waals surface area contributed by atoms with Crippen molar-refractivity contribution < 1.29 is 19.8 Å². The number of hydrogen-bond donors (Lipinski definition) is 3. The molecule has 0 aliphatic rings. The predicted octanol–water partition coefficient (Wildman–Crippen LogP) is 3.21. The molecule has 0 saturated carbocycles. The Hall–Kier alpha value is -2.29. The quantitative estimate of drug-likeness (QED) is 0.625. The topological polar surface area (TPSA) is 114 Å². The summed E-state index contributed by atoms with van der Waals surface area (Å²) < 4.78 is 11.1. The summed E-state index contributed by atoms with van der Waals surface area (Å²) in [5, 5.41) is 20.2. The van der Waals surface area contributed by atoms with Crippen LogP contribution in [0.1, 0.15) is 32.3 Å². The molecule has 0 aliphatic carbocycles. The van der Waals surface area contributed by atoms with Gasteiger partial charge >= 0.3 is 0 Å². The lowest BCUT2D eigenvalue weighted by atomic mass is 10.0. The standard InChI is InChI=1S/C17H23ClN4O4/c1-9(2)11-5-14(25-4)12(18)6-13(11)26-15-7-20-17(21-16(15)19)22(24)10(3)8-23/h5-7,9-10,23-24H,8H2,1-4H3,(H2,19,20,21)/t10-/m1/s1. The van der Waals surface area contributed by atoms with Gasteiger partial charge in [0.1, 0.15) is 11.5 Å². The Morgan fingerprint density at radius 2 is 1.92 bits per heavy atom. The fraction of sp³-hybridized carbons (Fsp3) is 0.412.